The fourth-order valence-corrected chi connectivity index (χ4v) is 1.74. The van der Waals surface area contributed by atoms with E-state index in [1.807, 2.05) is 13.8 Å². The molecule has 0 aromatic heterocycles. The van der Waals surface area contributed by atoms with Gasteiger partial charge in [0.1, 0.15) is 0 Å². The molecule has 3 nitrogen and oxygen atoms in total. The third-order valence-corrected chi connectivity index (χ3v) is 2.44. The van der Waals surface area contributed by atoms with Gasteiger partial charge in [-0.05, 0) is 13.8 Å². The Bertz CT molecular complexity index is 206. The van der Waals surface area contributed by atoms with E-state index in [1.54, 1.807) is 4.90 Å². The fourth-order valence-electron chi connectivity index (χ4n) is 1.47. The first kappa shape index (κ1) is 11.1. The van der Waals surface area contributed by atoms with Crippen LogP contribution in [0.15, 0.2) is 0 Å². The third-order valence-electron chi connectivity index (χ3n) is 2.07. The fraction of sp³-hybridized carbons (Fsp3) is 0.875. The highest BCUT2D eigenvalue weighted by atomic mass is 35.5. The first-order valence-electron chi connectivity index (χ1n) is 4.24. The Labute approximate surface area is 88.4 Å². The zero-order valence-electron chi connectivity index (χ0n) is 7.81. The van der Waals surface area contributed by atoms with Crippen LogP contribution in [0.2, 0.25) is 0 Å². The van der Waals surface area contributed by atoms with Gasteiger partial charge in [0.15, 0.2) is 4.84 Å². The predicted octanol–water partition coefficient (Wildman–Crippen LogP) is 1.00. The molecule has 0 aliphatic carbocycles. The lowest BCUT2D eigenvalue weighted by Crippen LogP contribution is -2.59. The van der Waals surface area contributed by atoms with Crippen LogP contribution in [-0.2, 0) is 4.79 Å². The lowest BCUT2D eigenvalue weighted by atomic mass is 10.0. The number of nitrogens with one attached hydrogen (secondary N) is 1. The summed E-state index contributed by atoms with van der Waals surface area (Å²) in [5.41, 5.74) is -0.0451. The maximum absolute atomic E-state index is 11.4. The maximum atomic E-state index is 11.4. The van der Waals surface area contributed by atoms with Crippen molar-refractivity contribution in [3.63, 3.8) is 0 Å². The highest BCUT2D eigenvalue weighted by Gasteiger charge is 2.30. The van der Waals surface area contributed by atoms with Crippen LogP contribution in [0.4, 0.5) is 0 Å². The number of rotatable bonds is 1. The van der Waals surface area contributed by atoms with Crippen LogP contribution in [-0.4, -0.2) is 40.8 Å². The maximum Gasteiger partial charge on any atom is 0.255 e. The molecular weight excluding hydrogens is 211 g/mol. The average Bonchev–Trinajstić information content (AvgIpc) is 2.01. The predicted molar refractivity (Wildman–Crippen MR) is 54.2 cm³/mol. The van der Waals surface area contributed by atoms with Crippen molar-refractivity contribution in [1.29, 1.82) is 0 Å². The van der Waals surface area contributed by atoms with Crippen LogP contribution in [0.25, 0.3) is 0 Å². The van der Waals surface area contributed by atoms with E-state index in [-0.39, 0.29) is 11.4 Å². The van der Waals surface area contributed by atoms with Crippen molar-refractivity contribution in [2.45, 2.75) is 24.2 Å². The molecular formula is C8H14Cl2N2O. The summed E-state index contributed by atoms with van der Waals surface area (Å²) >= 11 is 11.0. The van der Waals surface area contributed by atoms with E-state index in [9.17, 15) is 4.79 Å². The number of alkyl halides is 2. The quantitative estimate of drug-likeness (QED) is 0.675. The molecule has 0 atom stereocenters. The normalized spacial score (nSPS) is 22.1. The molecule has 13 heavy (non-hydrogen) atoms. The summed E-state index contributed by atoms with van der Waals surface area (Å²) in [6.45, 7) is 6.22. The van der Waals surface area contributed by atoms with Gasteiger partial charge in [-0.3, -0.25) is 4.79 Å². The summed E-state index contributed by atoms with van der Waals surface area (Å²) in [6.07, 6.45) is 0. The van der Waals surface area contributed by atoms with Gasteiger partial charge in [0, 0.05) is 25.2 Å². The van der Waals surface area contributed by atoms with Gasteiger partial charge in [0.25, 0.3) is 5.91 Å². The van der Waals surface area contributed by atoms with Crippen LogP contribution in [0.5, 0.6) is 0 Å². The van der Waals surface area contributed by atoms with Crippen LogP contribution in [0.3, 0.4) is 0 Å². The minimum Gasteiger partial charge on any atom is -0.337 e. The minimum atomic E-state index is -0.936. The summed E-state index contributed by atoms with van der Waals surface area (Å²) in [7, 11) is 0. The number of halogens is 2. The molecule has 0 unspecified atom stereocenters. The molecule has 76 valence electrons. The Kier molecular flexibility index (Phi) is 3.44. The standard InChI is InChI=1S/C8H14Cl2N2O/c1-8(2)5-12(4-3-11-8)7(13)6(9)10/h6,11H,3-5H2,1-2H3. The molecule has 0 aromatic rings. The van der Waals surface area contributed by atoms with E-state index >= 15 is 0 Å². The Morgan fingerprint density at radius 3 is 2.62 bits per heavy atom. The lowest BCUT2D eigenvalue weighted by molar-refractivity contribution is -0.131. The molecule has 1 amide bonds. The molecule has 0 radical (unpaired) electrons. The van der Waals surface area contributed by atoms with Crippen molar-refractivity contribution in [3.8, 4) is 0 Å². The minimum absolute atomic E-state index is 0.0451. The topological polar surface area (TPSA) is 32.3 Å². The monoisotopic (exact) mass is 224 g/mol. The van der Waals surface area contributed by atoms with Gasteiger partial charge in [-0.2, -0.15) is 0 Å². The molecule has 1 N–H and O–H groups in total. The number of hydrogen-bond acceptors (Lipinski definition) is 2. The van der Waals surface area contributed by atoms with E-state index in [0.717, 1.165) is 6.54 Å². The van der Waals surface area contributed by atoms with Crippen molar-refractivity contribution in [2.24, 2.45) is 0 Å². The first-order valence-corrected chi connectivity index (χ1v) is 5.12. The molecule has 1 heterocycles. The lowest BCUT2D eigenvalue weighted by Gasteiger charge is -2.39. The van der Waals surface area contributed by atoms with Crippen molar-refractivity contribution in [3.05, 3.63) is 0 Å². The third kappa shape index (κ3) is 3.01. The second kappa shape index (κ2) is 4.03. The zero-order chi connectivity index (χ0) is 10.1. The summed E-state index contributed by atoms with van der Waals surface area (Å²) in [4.78, 5) is 12.2. The molecule has 0 saturated carbocycles. The highest BCUT2D eigenvalue weighted by Crippen LogP contribution is 2.14. The van der Waals surface area contributed by atoms with Crippen LogP contribution < -0.4 is 5.32 Å². The van der Waals surface area contributed by atoms with Crippen LogP contribution in [0.1, 0.15) is 13.8 Å². The van der Waals surface area contributed by atoms with Crippen molar-refractivity contribution < 1.29 is 4.79 Å². The number of piperazine rings is 1. The van der Waals surface area contributed by atoms with Gasteiger partial charge in [-0.15, -0.1) is 0 Å². The number of hydrogen-bond donors (Lipinski definition) is 1. The Morgan fingerprint density at radius 2 is 2.15 bits per heavy atom. The van der Waals surface area contributed by atoms with Crippen molar-refractivity contribution >= 4 is 29.1 Å². The first-order chi connectivity index (χ1) is 5.92. The van der Waals surface area contributed by atoms with E-state index in [4.69, 9.17) is 23.2 Å². The van der Waals surface area contributed by atoms with Gasteiger partial charge in [-0.1, -0.05) is 23.2 Å². The number of carbonyl (C=O) groups excluding carboxylic acids is 1. The molecule has 0 aromatic carbocycles. The Balaban J connectivity index is 2.57. The summed E-state index contributed by atoms with van der Waals surface area (Å²) in [5, 5.41) is 3.30. The molecule has 1 fully saturated rings. The van der Waals surface area contributed by atoms with Gasteiger partial charge in [0.05, 0.1) is 0 Å². The molecule has 1 aliphatic heterocycles. The average molecular weight is 225 g/mol. The highest BCUT2D eigenvalue weighted by molar-refractivity contribution is 6.53. The smallest absolute Gasteiger partial charge is 0.255 e. The number of nitrogens with zero attached hydrogens (tertiary/aromatic N) is 1. The molecule has 0 spiro atoms. The van der Waals surface area contributed by atoms with Crippen molar-refractivity contribution in [1.82, 2.24) is 10.2 Å². The summed E-state index contributed by atoms with van der Waals surface area (Å²) < 4.78 is 0. The number of amides is 1. The second-order valence-corrected chi connectivity index (χ2v) is 4.97. The van der Waals surface area contributed by atoms with E-state index in [2.05, 4.69) is 5.32 Å². The molecule has 1 saturated heterocycles. The van der Waals surface area contributed by atoms with Crippen LogP contribution in [0, 0.1) is 0 Å². The molecule has 1 aliphatic rings. The van der Waals surface area contributed by atoms with E-state index in [0.29, 0.717) is 13.1 Å². The SMILES string of the molecule is CC1(C)CN(C(=O)C(Cl)Cl)CCN1. The largest absolute Gasteiger partial charge is 0.337 e. The van der Waals surface area contributed by atoms with Gasteiger partial charge in [0.2, 0.25) is 0 Å². The van der Waals surface area contributed by atoms with Gasteiger partial charge in [-0.25, -0.2) is 0 Å². The Hall–Kier alpha value is 0.01000. The summed E-state index contributed by atoms with van der Waals surface area (Å²) in [5.74, 6) is -0.196. The Morgan fingerprint density at radius 1 is 1.54 bits per heavy atom. The van der Waals surface area contributed by atoms with Gasteiger partial charge < -0.3 is 10.2 Å². The summed E-state index contributed by atoms with van der Waals surface area (Å²) in [6, 6.07) is 0. The molecule has 5 heteroatoms. The molecule has 1 rings (SSSR count). The second-order valence-electron chi connectivity index (χ2n) is 3.87. The zero-order valence-corrected chi connectivity index (χ0v) is 9.32. The van der Waals surface area contributed by atoms with E-state index < -0.39 is 4.84 Å². The number of carbonyl (C=O) groups is 1. The molecule has 0 bridgehead atoms. The van der Waals surface area contributed by atoms with Crippen LogP contribution >= 0.6 is 23.2 Å². The van der Waals surface area contributed by atoms with E-state index in [1.165, 1.54) is 0 Å². The van der Waals surface area contributed by atoms with Gasteiger partial charge >= 0.3 is 0 Å². The van der Waals surface area contributed by atoms with Crippen molar-refractivity contribution in [2.75, 3.05) is 19.6 Å².